The van der Waals surface area contributed by atoms with Gasteiger partial charge in [-0.05, 0) is 37.1 Å². The second-order valence-corrected chi connectivity index (χ2v) is 7.68. The van der Waals surface area contributed by atoms with E-state index in [9.17, 15) is 0 Å². The van der Waals surface area contributed by atoms with Gasteiger partial charge in [0.2, 0.25) is 5.75 Å². The molecule has 0 bridgehead atoms. The molecule has 174 valence electrons. The number of nitrogens with zero attached hydrogens (tertiary/aromatic N) is 4. The Hall–Kier alpha value is -3.39. The molecule has 2 aromatic heterocycles. The smallest absolute Gasteiger partial charge is 0.203 e. The fourth-order valence-corrected chi connectivity index (χ4v) is 3.81. The van der Waals surface area contributed by atoms with Crippen LogP contribution >= 0.6 is 0 Å². The third-order valence-electron chi connectivity index (χ3n) is 5.49. The summed E-state index contributed by atoms with van der Waals surface area (Å²) in [6.45, 7) is 4.32. The average Bonchev–Trinajstić information content (AvgIpc) is 3.20. The second-order valence-electron chi connectivity index (χ2n) is 7.68. The minimum absolute atomic E-state index is 0.540. The van der Waals surface area contributed by atoms with E-state index in [-0.39, 0.29) is 0 Å². The summed E-state index contributed by atoms with van der Waals surface area (Å²) in [7, 11) is 4.80. The second kappa shape index (κ2) is 10.5. The van der Waals surface area contributed by atoms with Gasteiger partial charge in [-0.3, -0.25) is 0 Å². The van der Waals surface area contributed by atoms with Crippen molar-refractivity contribution in [2.24, 2.45) is 0 Å². The van der Waals surface area contributed by atoms with Crippen LogP contribution in [-0.4, -0.2) is 54.1 Å². The van der Waals surface area contributed by atoms with Crippen LogP contribution in [0.15, 0.2) is 36.4 Å². The van der Waals surface area contributed by atoms with E-state index in [4.69, 9.17) is 33.9 Å². The van der Waals surface area contributed by atoms with E-state index in [1.54, 1.807) is 21.3 Å². The first kappa shape index (κ1) is 22.8. The molecule has 0 aliphatic rings. The molecule has 0 fully saturated rings. The number of ether oxygens (including phenoxy) is 4. The molecule has 2 aromatic carbocycles. The molecule has 8 heteroatoms. The molecule has 0 spiro atoms. The van der Waals surface area contributed by atoms with Crippen molar-refractivity contribution in [3.05, 3.63) is 36.4 Å². The molecule has 0 saturated heterocycles. The summed E-state index contributed by atoms with van der Waals surface area (Å²) < 4.78 is 24.5. The molecule has 8 nitrogen and oxygen atoms in total. The molecule has 0 N–H and O–H groups in total. The number of unbranched alkanes of at least 4 members (excludes halogenated alkanes) is 1. The molecule has 4 rings (SSSR count). The minimum atomic E-state index is 0.540. The van der Waals surface area contributed by atoms with Crippen LogP contribution in [0.1, 0.15) is 26.2 Å². The number of para-hydroxylation sites is 2. The predicted molar refractivity (Wildman–Crippen MR) is 128 cm³/mol. The van der Waals surface area contributed by atoms with Crippen molar-refractivity contribution in [1.29, 1.82) is 0 Å². The van der Waals surface area contributed by atoms with E-state index >= 15 is 0 Å². The molecule has 0 saturated carbocycles. The molecule has 0 aliphatic heterocycles. The normalized spacial score (nSPS) is 11.3. The quantitative estimate of drug-likeness (QED) is 0.301. The summed E-state index contributed by atoms with van der Waals surface area (Å²) in [4.78, 5) is 14.5. The van der Waals surface area contributed by atoms with Crippen molar-refractivity contribution >= 4 is 22.3 Å². The van der Waals surface area contributed by atoms with E-state index in [0.29, 0.717) is 36.0 Å². The highest BCUT2D eigenvalue weighted by atomic mass is 16.5. The number of aryl methyl sites for hydroxylation is 1. The lowest BCUT2D eigenvalue weighted by atomic mass is 10.1. The Morgan fingerprint density at radius 3 is 2.12 bits per heavy atom. The van der Waals surface area contributed by atoms with Crippen LogP contribution in [0.2, 0.25) is 0 Å². The molecular weight excluding hydrogens is 420 g/mol. The highest BCUT2D eigenvalue weighted by Gasteiger charge is 2.20. The molecular formula is C25H30N4O4. The van der Waals surface area contributed by atoms with Crippen LogP contribution in [0.5, 0.6) is 17.2 Å². The number of benzene rings is 2. The van der Waals surface area contributed by atoms with Crippen molar-refractivity contribution in [2.75, 3.05) is 34.5 Å². The fraction of sp³-hybridized carbons (Fsp3) is 0.400. The van der Waals surface area contributed by atoms with Gasteiger partial charge in [0.05, 0.1) is 32.4 Å². The van der Waals surface area contributed by atoms with Crippen molar-refractivity contribution < 1.29 is 18.9 Å². The van der Waals surface area contributed by atoms with Crippen LogP contribution in [0.25, 0.3) is 33.7 Å². The lowest BCUT2D eigenvalue weighted by Crippen LogP contribution is -2.06. The number of hydrogen-bond donors (Lipinski definition) is 0. The number of fused-ring (bicyclic) bond motifs is 2. The first-order valence-electron chi connectivity index (χ1n) is 11.2. The zero-order valence-corrected chi connectivity index (χ0v) is 19.6. The number of methoxy groups -OCH3 is 3. The van der Waals surface area contributed by atoms with Gasteiger partial charge >= 0.3 is 0 Å². The number of rotatable bonds is 11. The van der Waals surface area contributed by atoms with E-state index in [1.807, 2.05) is 36.4 Å². The van der Waals surface area contributed by atoms with E-state index in [2.05, 4.69) is 11.5 Å². The zero-order chi connectivity index (χ0) is 23.2. The Labute approximate surface area is 193 Å². The molecule has 0 aliphatic carbocycles. The van der Waals surface area contributed by atoms with Gasteiger partial charge in [-0.15, -0.1) is 0 Å². The highest BCUT2D eigenvalue weighted by molar-refractivity contribution is 5.85. The lowest BCUT2D eigenvalue weighted by molar-refractivity contribution is 0.126. The van der Waals surface area contributed by atoms with Crippen molar-refractivity contribution in [2.45, 2.75) is 32.7 Å². The third kappa shape index (κ3) is 4.71. The molecule has 0 amide bonds. The highest BCUT2D eigenvalue weighted by Crippen LogP contribution is 2.41. The maximum Gasteiger partial charge on any atom is 0.203 e. The van der Waals surface area contributed by atoms with Crippen LogP contribution in [0.3, 0.4) is 0 Å². The van der Waals surface area contributed by atoms with Crippen molar-refractivity contribution in [3.63, 3.8) is 0 Å². The van der Waals surface area contributed by atoms with Crippen LogP contribution in [0.4, 0.5) is 0 Å². The van der Waals surface area contributed by atoms with Crippen LogP contribution in [0, 0.1) is 0 Å². The van der Waals surface area contributed by atoms with Gasteiger partial charge < -0.3 is 23.5 Å². The summed E-state index contributed by atoms with van der Waals surface area (Å²) in [5.41, 5.74) is 3.83. The van der Waals surface area contributed by atoms with Crippen molar-refractivity contribution in [1.82, 2.24) is 19.5 Å². The Bertz CT molecular complexity index is 1210. The van der Waals surface area contributed by atoms with Crippen molar-refractivity contribution in [3.8, 4) is 28.6 Å². The standard InChI is InChI=1S/C25H30N4O4/c1-5-6-13-33-14-9-12-29-24(17-15-20(30-2)22(32-4)21(16-17)31-3)28-23-25(29)27-19-11-8-7-10-18(19)26-23/h7-8,10-11,15-16H,5-6,9,12-14H2,1-4H3. The monoisotopic (exact) mass is 450 g/mol. The van der Waals surface area contributed by atoms with Gasteiger partial charge in [0.1, 0.15) is 5.82 Å². The van der Waals surface area contributed by atoms with Crippen LogP contribution in [-0.2, 0) is 11.3 Å². The SMILES string of the molecule is CCCCOCCCn1c(-c2cc(OC)c(OC)c(OC)c2)nc2nc3ccccc3nc21. The minimum Gasteiger partial charge on any atom is -0.493 e. The Morgan fingerprint density at radius 2 is 1.48 bits per heavy atom. The Kier molecular flexibility index (Phi) is 7.24. The molecule has 33 heavy (non-hydrogen) atoms. The molecule has 0 unspecified atom stereocenters. The van der Waals surface area contributed by atoms with Gasteiger partial charge in [0.15, 0.2) is 22.8 Å². The van der Waals surface area contributed by atoms with E-state index in [0.717, 1.165) is 53.9 Å². The number of hydrogen-bond acceptors (Lipinski definition) is 7. The van der Waals surface area contributed by atoms with Gasteiger partial charge in [-0.2, -0.15) is 0 Å². The Morgan fingerprint density at radius 1 is 0.818 bits per heavy atom. The summed E-state index contributed by atoms with van der Waals surface area (Å²) in [6.07, 6.45) is 3.03. The molecule has 0 radical (unpaired) electrons. The average molecular weight is 451 g/mol. The van der Waals surface area contributed by atoms with Gasteiger partial charge in [0.25, 0.3) is 0 Å². The Balaban J connectivity index is 1.80. The molecule has 4 aromatic rings. The third-order valence-corrected chi connectivity index (χ3v) is 5.49. The van der Waals surface area contributed by atoms with Crippen LogP contribution < -0.4 is 14.2 Å². The molecule has 2 heterocycles. The fourth-order valence-electron chi connectivity index (χ4n) is 3.81. The van der Waals surface area contributed by atoms with E-state index in [1.165, 1.54) is 0 Å². The first-order valence-corrected chi connectivity index (χ1v) is 11.2. The topological polar surface area (TPSA) is 80.5 Å². The zero-order valence-electron chi connectivity index (χ0n) is 19.6. The summed E-state index contributed by atoms with van der Waals surface area (Å²) >= 11 is 0. The lowest BCUT2D eigenvalue weighted by Gasteiger charge is -2.15. The first-order chi connectivity index (χ1) is 16.2. The van der Waals surface area contributed by atoms with Gasteiger partial charge in [0, 0.05) is 25.3 Å². The summed E-state index contributed by atoms with van der Waals surface area (Å²) in [6, 6.07) is 11.6. The maximum absolute atomic E-state index is 5.78. The largest absolute Gasteiger partial charge is 0.493 e. The predicted octanol–water partition coefficient (Wildman–Crippen LogP) is 4.88. The maximum atomic E-state index is 5.78. The number of aromatic nitrogens is 4. The summed E-state index contributed by atoms with van der Waals surface area (Å²) in [5, 5.41) is 0. The number of imidazole rings is 1. The van der Waals surface area contributed by atoms with Gasteiger partial charge in [-0.25, -0.2) is 15.0 Å². The van der Waals surface area contributed by atoms with E-state index < -0.39 is 0 Å². The van der Waals surface area contributed by atoms with Gasteiger partial charge in [-0.1, -0.05) is 25.5 Å². The summed E-state index contributed by atoms with van der Waals surface area (Å²) in [5.74, 6) is 2.42. The molecule has 0 atom stereocenters.